The summed E-state index contributed by atoms with van der Waals surface area (Å²) in [6.45, 7) is 90.6. The zero-order valence-electron chi connectivity index (χ0n) is 71.9. The minimum absolute atomic E-state index is 0.000370. The van der Waals surface area contributed by atoms with E-state index in [2.05, 4.69) is 159 Å². The van der Waals surface area contributed by atoms with E-state index in [0.717, 1.165) is 85.5 Å². The molecule has 0 spiro atoms. The third-order valence-corrected chi connectivity index (χ3v) is 16.4. The van der Waals surface area contributed by atoms with Crippen LogP contribution < -0.4 is 22.5 Å². The van der Waals surface area contributed by atoms with Crippen molar-refractivity contribution in [2.45, 2.75) is 307 Å². The number of aliphatic hydroxyl groups is 2. The first kappa shape index (κ1) is 94.5. The lowest BCUT2D eigenvalue weighted by Crippen LogP contribution is -2.44. The molecule has 4 aromatic heterocycles. The number of allylic oxidation sites excluding steroid dienone is 5. The highest BCUT2D eigenvalue weighted by molar-refractivity contribution is 6.41. The first-order chi connectivity index (χ1) is 47.4. The van der Waals surface area contributed by atoms with Crippen molar-refractivity contribution in [2.75, 3.05) is 0 Å². The van der Waals surface area contributed by atoms with Gasteiger partial charge in [0.25, 0.3) is 11.1 Å². The summed E-state index contributed by atoms with van der Waals surface area (Å²) in [5.41, 5.74) is 8.33. The fourth-order valence-corrected chi connectivity index (χ4v) is 11.1. The van der Waals surface area contributed by atoms with Crippen LogP contribution in [0.2, 0.25) is 0 Å². The Hall–Kier alpha value is -9.48. The molecule has 0 atom stereocenters. The summed E-state index contributed by atoms with van der Waals surface area (Å²) < 4.78 is 6.32. The Bertz CT molecular complexity index is 4280. The Balaban J connectivity index is 0.000000606. The molecule has 0 aliphatic carbocycles. The van der Waals surface area contributed by atoms with Crippen LogP contribution in [-0.2, 0) is 22.2 Å². The van der Waals surface area contributed by atoms with E-state index in [4.69, 9.17) is 0 Å². The molecule has 0 amide bonds. The van der Waals surface area contributed by atoms with Gasteiger partial charge in [-0.3, -0.25) is 14.2 Å². The lowest BCUT2D eigenvalue weighted by atomic mass is 9.98. The number of hydrogen-bond acceptors (Lipinski definition) is 20. The minimum atomic E-state index is -0.303. The van der Waals surface area contributed by atoms with Crippen molar-refractivity contribution < 1.29 is 20.4 Å². The molecule has 24 nitrogen and oxygen atoms in total. The molecule has 106 heavy (non-hydrogen) atoms. The van der Waals surface area contributed by atoms with Crippen molar-refractivity contribution in [2.24, 2.45) is 20.1 Å². The molecule has 4 N–H and O–H groups in total. The van der Waals surface area contributed by atoms with Gasteiger partial charge in [-0.05, 0) is 263 Å². The fraction of sp³-hybridized carbons (Fsp3) is 0.561. The molecule has 0 saturated heterocycles. The van der Waals surface area contributed by atoms with Crippen molar-refractivity contribution in [1.29, 1.82) is 0 Å². The van der Waals surface area contributed by atoms with Crippen LogP contribution in [0.25, 0.3) is 0 Å². The standard InChI is InChI=1S/C12H19NO.C11H17NO2.C11H17NO.2C10H17N3.C10H15NO2.2C9H15N3O/c1-8-7-11(14)9(2)10(3)13(8)12(4,5)6;1-7-8(2)12(11(3,4)5)10(14)6-9(7)13;1-8-7-12(11(3,4)5)9(2)6-10(8)13;1-7-11-8(2)13(9(3)12-7)10(4,5)6;1-7-8(2)12-13(9(3)11-7)10(4,5)6;1-7-6-11(10(2,3)4)9(13)5-8(7)12;1-6-10-7(2)12(8(13)11-6)9(3,4)5;1-6-7(2)11-12(8(13)10-6)9(3,4)5/h7,14H,1H2,2-6H3;6,13H,1-5H3;6-7,13H,2H2,1,3-5H3;2H2,1,3-6H3;3H2,1-2,4-6H3;5-6,12H,1-4H3;2*1-5H3. The van der Waals surface area contributed by atoms with Gasteiger partial charge in [0.2, 0.25) is 0 Å². The van der Waals surface area contributed by atoms with E-state index in [-0.39, 0.29) is 78.3 Å². The van der Waals surface area contributed by atoms with Gasteiger partial charge in [-0.25, -0.2) is 39.2 Å². The topological polar surface area (TPSA) is 283 Å². The number of hydrogen-bond donors (Lipinski definition) is 4. The molecule has 8 rings (SSSR count). The van der Waals surface area contributed by atoms with Crippen LogP contribution in [-0.4, -0.2) is 124 Å². The van der Waals surface area contributed by atoms with E-state index in [1.165, 1.54) is 16.8 Å². The van der Waals surface area contributed by atoms with E-state index in [1.807, 2.05) is 175 Å². The highest BCUT2D eigenvalue weighted by Gasteiger charge is 2.31. The number of nitrogens with zero attached hydrogens (tertiary/aromatic N) is 16. The molecule has 4 aliphatic rings. The van der Waals surface area contributed by atoms with Gasteiger partial charge in [-0.1, -0.05) is 26.3 Å². The summed E-state index contributed by atoms with van der Waals surface area (Å²) in [6, 6.07) is 2.52. The SMILES string of the molecule is C=C1C=C(O)C(C)=C(C)N1C(C)(C)C.C=C1C=C(O)C(C)=CN1C(C)(C)C.C=C1N=C(C)C(C)=NN1C(C)(C)C.C=C1N=C(C)N=C(C)N1C(C)(C)C.Cc1c(O)cc(=O)n(C(C)(C)C)c1C.Cc1cn(C(C)(C)C)c(=O)cc1O.Cc1nc(=O)n(C(C)(C)C)nc1C.Cc1nc(C)n(C(C)(C)C)c(=O)n1. The van der Waals surface area contributed by atoms with Crippen LogP contribution in [0.3, 0.4) is 0 Å². The normalized spacial score (nSPS) is 15.2. The minimum Gasteiger partial charge on any atom is -0.508 e. The molecule has 0 aromatic carbocycles. The first-order valence-corrected chi connectivity index (χ1v) is 35.5. The number of aromatic hydroxyl groups is 2. The third-order valence-electron chi connectivity index (χ3n) is 16.4. The average Bonchev–Trinajstić information content (AvgIpc) is 0.790. The molecule has 0 bridgehead atoms. The first-order valence-electron chi connectivity index (χ1n) is 35.5. The van der Waals surface area contributed by atoms with E-state index < -0.39 is 0 Å². The second-order valence-corrected chi connectivity index (χ2v) is 34.7. The number of amidine groups is 2. The molecule has 8 heterocycles. The van der Waals surface area contributed by atoms with Crippen molar-refractivity contribution in [3.63, 3.8) is 0 Å². The second-order valence-electron chi connectivity index (χ2n) is 34.7. The van der Waals surface area contributed by atoms with Crippen LogP contribution in [0.4, 0.5) is 0 Å². The highest BCUT2D eigenvalue weighted by Crippen LogP contribution is 2.34. The average molecular weight is 1470 g/mol. The molecule has 4 aliphatic heterocycles. The van der Waals surface area contributed by atoms with E-state index in [1.54, 1.807) is 52.8 Å². The number of hydrazone groups is 1. The smallest absolute Gasteiger partial charge is 0.364 e. The van der Waals surface area contributed by atoms with Crippen LogP contribution in [0, 0.1) is 48.5 Å². The van der Waals surface area contributed by atoms with Gasteiger partial charge in [-0.15, -0.1) is 0 Å². The fourth-order valence-electron chi connectivity index (χ4n) is 11.1. The number of aliphatic hydroxyl groups excluding tert-OH is 2. The lowest BCUT2D eigenvalue weighted by molar-refractivity contribution is 0.191. The summed E-state index contributed by atoms with van der Waals surface area (Å²) in [7, 11) is 0. The third kappa shape index (κ3) is 27.1. The van der Waals surface area contributed by atoms with Crippen LogP contribution in [0.1, 0.15) is 254 Å². The summed E-state index contributed by atoms with van der Waals surface area (Å²) in [6.07, 6.45) is 7.02. The lowest BCUT2D eigenvalue weighted by Gasteiger charge is -2.41. The van der Waals surface area contributed by atoms with Crippen molar-refractivity contribution in [1.82, 2.24) is 58.1 Å². The van der Waals surface area contributed by atoms with E-state index in [0.29, 0.717) is 28.9 Å². The highest BCUT2D eigenvalue weighted by atomic mass is 16.3. The molecule has 4 aromatic rings. The molecule has 0 unspecified atom stereocenters. The molecular formula is C82H132N16O8. The summed E-state index contributed by atoms with van der Waals surface area (Å²) in [5, 5.41) is 48.3. The van der Waals surface area contributed by atoms with Gasteiger partial charge in [-0.2, -0.15) is 20.2 Å². The van der Waals surface area contributed by atoms with Crippen molar-refractivity contribution in [3.05, 3.63) is 196 Å². The Labute approximate surface area is 633 Å². The Morgan fingerprint density at radius 3 is 1.37 bits per heavy atom. The predicted octanol–water partition coefficient (Wildman–Crippen LogP) is 16.7. The number of rotatable bonds is 0. The number of pyridine rings is 2. The van der Waals surface area contributed by atoms with E-state index >= 15 is 0 Å². The number of aryl methyl sites for hydroxylation is 5. The maximum Gasteiger partial charge on any atom is 0.364 e. The van der Waals surface area contributed by atoms with Crippen molar-refractivity contribution in [3.8, 4) is 11.5 Å². The Kier molecular flexibility index (Phi) is 31.9. The molecule has 0 saturated carbocycles. The second kappa shape index (κ2) is 35.7. The van der Waals surface area contributed by atoms with Crippen molar-refractivity contribution >= 4 is 23.1 Å². The maximum atomic E-state index is 11.7. The number of aromatic nitrogens is 8. The van der Waals surface area contributed by atoms with Gasteiger partial charge in [0.1, 0.15) is 58.0 Å². The summed E-state index contributed by atoms with van der Waals surface area (Å²) >= 11 is 0. The van der Waals surface area contributed by atoms with E-state index in [9.17, 15) is 39.6 Å². The van der Waals surface area contributed by atoms with Gasteiger partial charge in [0, 0.05) is 115 Å². The van der Waals surface area contributed by atoms with Gasteiger partial charge in [0.05, 0.1) is 33.9 Å². The molecule has 0 fully saturated rings. The molecular weight excluding hydrogens is 1340 g/mol. The largest absolute Gasteiger partial charge is 0.508 e. The van der Waals surface area contributed by atoms with Gasteiger partial charge >= 0.3 is 11.4 Å². The zero-order valence-corrected chi connectivity index (χ0v) is 71.9. The number of aliphatic imine (C=N–C) groups is 3. The van der Waals surface area contributed by atoms with Crippen LogP contribution in [0.5, 0.6) is 11.5 Å². The summed E-state index contributed by atoms with van der Waals surface area (Å²) in [5.74, 6) is 5.26. The monoisotopic (exact) mass is 1470 g/mol. The molecule has 24 heteroatoms. The summed E-state index contributed by atoms with van der Waals surface area (Å²) in [4.78, 5) is 77.0. The Morgan fingerprint density at radius 2 is 0.934 bits per heavy atom. The Morgan fingerprint density at radius 1 is 0.443 bits per heavy atom. The zero-order chi connectivity index (χ0) is 83.5. The van der Waals surface area contributed by atoms with Gasteiger partial charge in [0.15, 0.2) is 0 Å². The van der Waals surface area contributed by atoms with Crippen LogP contribution >= 0.6 is 0 Å². The molecule has 0 radical (unpaired) electrons. The molecule has 588 valence electrons. The maximum absolute atomic E-state index is 11.7. The van der Waals surface area contributed by atoms with Crippen LogP contribution in [0.15, 0.2) is 154 Å². The quantitative estimate of drug-likeness (QED) is 0.127. The van der Waals surface area contributed by atoms with Gasteiger partial charge < -0.3 is 44.3 Å². The predicted molar refractivity (Wildman–Crippen MR) is 439 cm³/mol.